The number of carbonyl (C=O) groups excluding carboxylic acids is 6. The molecule has 0 spiro atoms. The van der Waals surface area contributed by atoms with Gasteiger partial charge in [0, 0.05) is 20.8 Å². The van der Waals surface area contributed by atoms with E-state index in [0.717, 1.165) is 13.8 Å². The van der Waals surface area contributed by atoms with Crippen molar-refractivity contribution < 1.29 is 49.2 Å². The maximum absolute atomic E-state index is 12.7. The lowest BCUT2D eigenvalue weighted by atomic mass is 9.65. The predicted octanol–water partition coefficient (Wildman–Crippen LogP) is -3.10. The summed E-state index contributed by atoms with van der Waals surface area (Å²) >= 11 is 0. The molecule has 0 bridgehead atoms. The molecule has 0 saturated carbocycles. The van der Waals surface area contributed by atoms with E-state index in [4.69, 9.17) is 5.11 Å². The van der Waals surface area contributed by atoms with E-state index in [0.29, 0.717) is 20.8 Å². The first kappa shape index (κ1) is 24.7. The summed E-state index contributed by atoms with van der Waals surface area (Å²) < 4.78 is 0. The number of rotatable bonds is 9. The highest BCUT2D eigenvalue weighted by Crippen LogP contribution is 2.37. The van der Waals surface area contributed by atoms with Crippen LogP contribution in [0.3, 0.4) is 0 Å². The molecule has 11 nitrogen and oxygen atoms in total. The molecule has 11 heteroatoms. The van der Waals surface area contributed by atoms with Crippen LogP contribution in [0.1, 0.15) is 34.6 Å². The Labute approximate surface area is 154 Å². The van der Waals surface area contributed by atoms with Crippen molar-refractivity contribution in [1.82, 2.24) is 4.90 Å². The van der Waals surface area contributed by atoms with Crippen molar-refractivity contribution in [2.75, 3.05) is 6.61 Å². The molecule has 0 aromatic rings. The molecule has 0 rings (SSSR count). The summed E-state index contributed by atoms with van der Waals surface area (Å²) in [6, 6.07) is 0. The van der Waals surface area contributed by atoms with Gasteiger partial charge >= 0.3 is 0 Å². The molecule has 0 aliphatic carbocycles. The number of hydrogen-bond acceptors (Lipinski definition) is 10. The molecule has 0 saturated heterocycles. The fraction of sp³-hybridized carbons (Fsp3) is 0.625. The molecule has 4 N–H and O–H groups in total. The van der Waals surface area contributed by atoms with Gasteiger partial charge in [0.2, 0.25) is 23.1 Å². The summed E-state index contributed by atoms with van der Waals surface area (Å²) in [7, 11) is 0. The van der Waals surface area contributed by atoms with Gasteiger partial charge in [0.15, 0.2) is 23.0 Å². The Bertz CT molecular complexity index is 673. The molecule has 0 aromatic heterocycles. The van der Waals surface area contributed by atoms with Crippen LogP contribution in [0.2, 0.25) is 0 Å². The van der Waals surface area contributed by atoms with Crippen LogP contribution < -0.4 is 0 Å². The highest BCUT2D eigenvalue weighted by atomic mass is 16.4. The molecule has 0 aliphatic rings. The smallest absolute Gasteiger partial charge is 0.235 e. The predicted molar refractivity (Wildman–Crippen MR) is 87.0 cm³/mol. The van der Waals surface area contributed by atoms with Gasteiger partial charge in [0.05, 0.1) is 6.61 Å². The van der Waals surface area contributed by atoms with E-state index < -0.39 is 64.9 Å². The average Bonchev–Trinajstić information content (AvgIpc) is 2.54. The van der Waals surface area contributed by atoms with Gasteiger partial charge in [-0.15, -0.1) is 0 Å². The minimum absolute atomic E-state index is 0.103. The lowest BCUT2D eigenvalue weighted by Gasteiger charge is -2.49. The van der Waals surface area contributed by atoms with Crippen molar-refractivity contribution in [1.29, 1.82) is 0 Å². The highest BCUT2D eigenvalue weighted by Gasteiger charge is 2.71. The van der Waals surface area contributed by atoms with Gasteiger partial charge < -0.3 is 20.4 Å². The number of hydrogen-bond donors (Lipinski definition) is 4. The molecular weight excluding hydrogens is 366 g/mol. The van der Waals surface area contributed by atoms with Crippen LogP contribution in [-0.2, 0) is 28.8 Å². The van der Waals surface area contributed by atoms with Crippen LogP contribution >= 0.6 is 0 Å². The molecule has 2 amide bonds. The topological polar surface area (TPSA) is 187 Å². The summed E-state index contributed by atoms with van der Waals surface area (Å²) in [6.07, 6.45) is -4.98. The fourth-order valence-electron chi connectivity index (χ4n) is 3.03. The summed E-state index contributed by atoms with van der Waals surface area (Å²) in [6.45, 7) is 2.11. The van der Waals surface area contributed by atoms with Crippen molar-refractivity contribution in [3.63, 3.8) is 0 Å². The maximum atomic E-state index is 12.7. The van der Waals surface area contributed by atoms with Crippen molar-refractivity contribution >= 4 is 34.9 Å². The number of aliphatic hydroxyl groups excluding tert-OH is 3. The van der Waals surface area contributed by atoms with Crippen molar-refractivity contribution in [3.8, 4) is 0 Å². The normalized spacial score (nSPS) is 17.7. The van der Waals surface area contributed by atoms with Gasteiger partial charge in [-0.25, -0.2) is 0 Å². The van der Waals surface area contributed by atoms with Crippen molar-refractivity contribution in [2.24, 2.45) is 0 Å². The van der Waals surface area contributed by atoms with E-state index in [9.17, 15) is 44.1 Å². The summed E-state index contributed by atoms with van der Waals surface area (Å²) in [5, 5.41) is 40.1. The molecule has 0 radical (unpaired) electrons. The third-order valence-corrected chi connectivity index (χ3v) is 4.19. The fourth-order valence-corrected chi connectivity index (χ4v) is 3.03. The highest BCUT2D eigenvalue weighted by molar-refractivity contribution is 6.47. The monoisotopic (exact) mass is 389 g/mol. The molecule has 0 heterocycles. The number of nitrogens with zero attached hydrogens (tertiary/aromatic N) is 1. The molecule has 0 fully saturated rings. The minimum Gasteiger partial charge on any atom is -0.394 e. The van der Waals surface area contributed by atoms with Crippen LogP contribution in [0.5, 0.6) is 0 Å². The van der Waals surface area contributed by atoms with Gasteiger partial charge in [-0.3, -0.25) is 33.7 Å². The Morgan fingerprint density at radius 3 is 1.48 bits per heavy atom. The molecule has 0 unspecified atom stereocenters. The van der Waals surface area contributed by atoms with Crippen LogP contribution in [0.15, 0.2) is 0 Å². The Morgan fingerprint density at radius 1 is 0.852 bits per heavy atom. The quantitative estimate of drug-likeness (QED) is 0.232. The average molecular weight is 389 g/mol. The Hall–Kier alpha value is -2.34. The van der Waals surface area contributed by atoms with E-state index in [1.165, 1.54) is 0 Å². The lowest BCUT2D eigenvalue weighted by molar-refractivity contribution is -0.206. The van der Waals surface area contributed by atoms with Crippen LogP contribution in [0.4, 0.5) is 0 Å². The Balaban J connectivity index is 7.54. The Kier molecular flexibility index (Phi) is 7.82. The zero-order chi connectivity index (χ0) is 21.9. The number of imide groups is 1. The maximum Gasteiger partial charge on any atom is 0.235 e. The summed E-state index contributed by atoms with van der Waals surface area (Å²) in [5.74, 6) is -8.84. The molecular formula is C16H23NO10. The molecule has 0 aliphatic heterocycles. The standard InChI is InChI=1S/C16H23NO10/c1-7(19)13(25)15(8(2)20,17(10(4)22)11(5)23)16(27,9(3)21)14(26)12(24)6-18/h12,14,18,24,26-27H,6H2,1-5H3/t12-,14-,15-,16+/m1/s1. The number of Topliss-reactive ketones (excluding diaryl/α,β-unsaturated/α-hetero) is 4. The summed E-state index contributed by atoms with van der Waals surface area (Å²) in [4.78, 5) is 73.4. The van der Waals surface area contributed by atoms with Gasteiger partial charge in [-0.1, -0.05) is 0 Å². The molecule has 27 heavy (non-hydrogen) atoms. The summed E-state index contributed by atoms with van der Waals surface area (Å²) in [5.41, 5.74) is -7.11. The SMILES string of the molecule is CC(=O)C(=O)[C@@](C(C)=O)(N(C(C)=O)C(C)=O)[C@](O)(C(C)=O)[C@H](O)[C@H](O)CO. The van der Waals surface area contributed by atoms with E-state index in [2.05, 4.69) is 0 Å². The van der Waals surface area contributed by atoms with E-state index in [1.54, 1.807) is 0 Å². The van der Waals surface area contributed by atoms with E-state index in [-0.39, 0.29) is 4.90 Å². The first-order valence-corrected chi connectivity index (χ1v) is 7.73. The first-order valence-electron chi connectivity index (χ1n) is 7.73. The largest absolute Gasteiger partial charge is 0.394 e. The number of ketones is 4. The molecule has 4 atom stereocenters. The van der Waals surface area contributed by atoms with Crippen molar-refractivity contribution in [2.45, 2.75) is 58.0 Å². The zero-order valence-electron chi connectivity index (χ0n) is 15.5. The zero-order valence-corrected chi connectivity index (χ0v) is 15.5. The lowest BCUT2D eigenvalue weighted by Crippen LogP contribution is -2.81. The first-order chi connectivity index (χ1) is 12.1. The van der Waals surface area contributed by atoms with Gasteiger partial charge in [0.1, 0.15) is 12.2 Å². The third-order valence-electron chi connectivity index (χ3n) is 4.19. The third kappa shape index (κ3) is 3.72. The number of aliphatic hydroxyl groups is 4. The number of amides is 2. The number of carbonyl (C=O) groups is 6. The van der Waals surface area contributed by atoms with Gasteiger partial charge in [-0.05, 0) is 13.8 Å². The van der Waals surface area contributed by atoms with E-state index >= 15 is 0 Å². The molecule has 152 valence electrons. The van der Waals surface area contributed by atoms with Crippen LogP contribution in [-0.4, -0.2) is 90.2 Å². The second-order valence-electron chi connectivity index (χ2n) is 6.04. The van der Waals surface area contributed by atoms with Crippen molar-refractivity contribution in [3.05, 3.63) is 0 Å². The van der Waals surface area contributed by atoms with Crippen LogP contribution in [0, 0.1) is 0 Å². The Morgan fingerprint density at radius 2 is 1.26 bits per heavy atom. The van der Waals surface area contributed by atoms with Gasteiger partial charge in [-0.2, -0.15) is 0 Å². The molecule has 0 aromatic carbocycles. The van der Waals surface area contributed by atoms with Crippen LogP contribution in [0.25, 0.3) is 0 Å². The van der Waals surface area contributed by atoms with Gasteiger partial charge in [0.25, 0.3) is 0 Å². The minimum atomic E-state index is -3.62. The second-order valence-corrected chi connectivity index (χ2v) is 6.04. The van der Waals surface area contributed by atoms with E-state index in [1.807, 2.05) is 0 Å². The second kappa shape index (κ2) is 8.57.